The molecule has 0 bridgehead atoms. The highest BCUT2D eigenvalue weighted by molar-refractivity contribution is 5.92. The van der Waals surface area contributed by atoms with Gasteiger partial charge in [-0.15, -0.1) is 0 Å². The Balaban J connectivity index is 2.49. The quantitative estimate of drug-likeness (QED) is 0.715. The lowest BCUT2D eigenvalue weighted by molar-refractivity contribution is -0.117. The SMILES string of the molecule is COc1cc(CN)ccc1NC(=O)CCOCC(F)F. The van der Waals surface area contributed by atoms with Gasteiger partial charge in [0.15, 0.2) is 0 Å². The standard InChI is InChI=1S/C13H18F2N2O3/c1-19-11-6-9(7-16)2-3-10(11)17-13(18)4-5-20-8-12(14)15/h2-3,6,12H,4-5,7-8,16H2,1H3,(H,17,18). The lowest BCUT2D eigenvalue weighted by Gasteiger charge is -2.11. The molecule has 112 valence electrons. The molecule has 0 aliphatic heterocycles. The number of methoxy groups -OCH3 is 1. The summed E-state index contributed by atoms with van der Waals surface area (Å²) in [5, 5.41) is 2.63. The molecular formula is C13H18F2N2O3. The van der Waals surface area contributed by atoms with Gasteiger partial charge in [-0.3, -0.25) is 4.79 Å². The van der Waals surface area contributed by atoms with Gasteiger partial charge in [0.05, 0.1) is 25.8 Å². The van der Waals surface area contributed by atoms with E-state index in [1.165, 1.54) is 7.11 Å². The van der Waals surface area contributed by atoms with Crippen LogP contribution in [-0.4, -0.2) is 32.7 Å². The van der Waals surface area contributed by atoms with E-state index in [4.69, 9.17) is 10.5 Å². The van der Waals surface area contributed by atoms with Gasteiger partial charge in [0.25, 0.3) is 6.43 Å². The number of nitrogens with one attached hydrogen (secondary N) is 1. The molecule has 0 aromatic heterocycles. The van der Waals surface area contributed by atoms with Crippen LogP contribution in [0, 0.1) is 0 Å². The fraction of sp³-hybridized carbons (Fsp3) is 0.462. The summed E-state index contributed by atoms with van der Waals surface area (Å²) in [7, 11) is 1.48. The van der Waals surface area contributed by atoms with Crippen LogP contribution in [0.3, 0.4) is 0 Å². The zero-order valence-electron chi connectivity index (χ0n) is 11.2. The predicted molar refractivity (Wildman–Crippen MR) is 71.0 cm³/mol. The molecule has 0 atom stereocenters. The molecule has 1 aromatic carbocycles. The molecule has 0 aliphatic rings. The number of carbonyl (C=O) groups excluding carboxylic acids is 1. The fourth-order valence-electron chi connectivity index (χ4n) is 1.52. The van der Waals surface area contributed by atoms with Crippen molar-refractivity contribution >= 4 is 11.6 Å². The molecule has 1 aromatic rings. The average Bonchev–Trinajstić information content (AvgIpc) is 2.43. The molecule has 3 N–H and O–H groups in total. The van der Waals surface area contributed by atoms with Crippen molar-refractivity contribution in [3.05, 3.63) is 23.8 Å². The number of benzene rings is 1. The molecule has 0 saturated heterocycles. The Labute approximate surface area is 116 Å². The minimum atomic E-state index is -2.53. The number of anilines is 1. The van der Waals surface area contributed by atoms with Gasteiger partial charge in [-0.25, -0.2) is 8.78 Å². The monoisotopic (exact) mass is 288 g/mol. The molecule has 7 heteroatoms. The maximum atomic E-state index is 11.8. The van der Waals surface area contributed by atoms with E-state index in [0.717, 1.165) is 5.56 Å². The molecule has 0 fully saturated rings. The van der Waals surface area contributed by atoms with E-state index in [0.29, 0.717) is 18.0 Å². The first-order valence-electron chi connectivity index (χ1n) is 6.09. The Morgan fingerprint density at radius 3 is 2.80 bits per heavy atom. The highest BCUT2D eigenvalue weighted by atomic mass is 19.3. The Kier molecular flexibility index (Phi) is 6.89. The summed E-state index contributed by atoms with van der Waals surface area (Å²) in [4.78, 5) is 11.6. The summed E-state index contributed by atoms with van der Waals surface area (Å²) in [6, 6.07) is 5.17. The van der Waals surface area contributed by atoms with E-state index >= 15 is 0 Å². The first kappa shape index (κ1) is 16.3. The maximum Gasteiger partial charge on any atom is 0.261 e. The van der Waals surface area contributed by atoms with Crippen LogP contribution in [0.1, 0.15) is 12.0 Å². The summed E-state index contributed by atoms with van der Waals surface area (Å²) < 4.78 is 33.4. The largest absolute Gasteiger partial charge is 0.495 e. The first-order chi connectivity index (χ1) is 9.56. The van der Waals surface area contributed by atoms with Gasteiger partial charge in [0.1, 0.15) is 12.4 Å². The number of hydrogen-bond donors (Lipinski definition) is 2. The van der Waals surface area contributed by atoms with Crippen LogP contribution in [0.25, 0.3) is 0 Å². The van der Waals surface area contributed by atoms with E-state index in [1.807, 2.05) is 0 Å². The van der Waals surface area contributed by atoms with Crippen molar-refractivity contribution in [2.75, 3.05) is 25.6 Å². The second kappa shape index (κ2) is 8.44. The fourth-order valence-corrected chi connectivity index (χ4v) is 1.52. The third kappa shape index (κ3) is 5.50. The normalized spacial score (nSPS) is 10.7. The van der Waals surface area contributed by atoms with Crippen LogP contribution in [0.4, 0.5) is 14.5 Å². The van der Waals surface area contributed by atoms with E-state index < -0.39 is 13.0 Å². The number of nitrogens with two attached hydrogens (primary N) is 1. The third-order valence-electron chi connectivity index (χ3n) is 2.49. The van der Waals surface area contributed by atoms with Crippen molar-refractivity contribution in [1.29, 1.82) is 0 Å². The molecule has 0 unspecified atom stereocenters. The van der Waals surface area contributed by atoms with E-state index in [1.54, 1.807) is 18.2 Å². The molecule has 20 heavy (non-hydrogen) atoms. The molecule has 0 saturated carbocycles. The lowest BCUT2D eigenvalue weighted by atomic mass is 10.2. The van der Waals surface area contributed by atoms with E-state index in [9.17, 15) is 13.6 Å². The van der Waals surface area contributed by atoms with Crippen LogP contribution >= 0.6 is 0 Å². The van der Waals surface area contributed by atoms with Gasteiger partial charge >= 0.3 is 0 Å². The number of hydrogen-bond acceptors (Lipinski definition) is 4. The number of amides is 1. The summed E-state index contributed by atoms with van der Waals surface area (Å²) in [5.41, 5.74) is 6.89. The smallest absolute Gasteiger partial charge is 0.261 e. The predicted octanol–water partition coefficient (Wildman–Crippen LogP) is 1.76. The van der Waals surface area contributed by atoms with Crippen LogP contribution in [0.2, 0.25) is 0 Å². The first-order valence-corrected chi connectivity index (χ1v) is 6.09. The highest BCUT2D eigenvalue weighted by Gasteiger charge is 2.09. The van der Waals surface area contributed by atoms with Gasteiger partial charge in [-0.1, -0.05) is 6.07 Å². The third-order valence-corrected chi connectivity index (χ3v) is 2.49. The van der Waals surface area contributed by atoms with Gasteiger partial charge in [-0.2, -0.15) is 0 Å². The van der Waals surface area contributed by atoms with E-state index in [2.05, 4.69) is 10.1 Å². The lowest BCUT2D eigenvalue weighted by Crippen LogP contribution is -2.16. The Hall–Kier alpha value is -1.73. The van der Waals surface area contributed by atoms with Gasteiger partial charge in [0.2, 0.25) is 5.91 Å². The van der Waals surface area contributed by atoms with Crippen molar-refractivity contribution in [2.24, 2.45) is 5.73 Å². The molecule has 0 heterocycles. The molecule has 5 nitrogen and oxygen atoms in total. The summed E-state index contributed by atoms with van der Waals surface area (Å²) >= 11 is 0. The Morgan fingerprint density at radius 1 is 1.45 bits per heavy atom. The topological polar surface area (TPSA) is 73.6 Å². The second-order valence-electron chi connectivity index (χ2n) is 4.00. The molecule has 0 radical (unpaired) electrons. The summed E-state index contributed by atoms with van der Waals surface area (Å²) in [6.45, 7) is -0.354. The van der Waals surface area contributed by atoms with Crippen molar-refractivity contribution in [3.8, 4) is 5.75 Å². The highest BCUT2D eigenvalue weighted by Crippen LogP contribution is 2.25. The molecular weight excluding hydrogens is 270 g/mol. The van der Waals surface area contributed by atoms with Gasteiger partial charge < -0.3 is 20.5 Å². The number of rotatable bonds is 8. The molecule has 1 rings (SSSR count). The Morgan fingerprint density at radius 2 is 2.20 bits per heavy atom. The molecule has 0 aliphatic carbocycles. The molecule has 1 amide bonds. The van der Waals surface area contributed by atoms with Gasteiger partial charge in [0, 0.05) is 6.54 Å². The number of halogens is 2. The zero-order chi connectivity index (χ0) is 15.0. The van der Waals surface area contributed by atoms with Crippen LogP contribution in [-0.2, 0) is 16.1 Å². The van der Waals surface area contributed by atoms with E-state index in [-0.39, 0.29) is 18.9 Å². The minimum absolute atomic E-state index is 0.00544. The minimum Gasteiger partial charge on any atom is -0.495 e. The van der Waals surface area contributed by atoms with Crippen molar-refractivity contribution in [2.45, 2.75) is 19.4 Å². The summed E-state index contributed by atoms with van der Waals surface area (Å²) in [5.74, 6) is 0.160. The van der Waals surface area contributed by atoms with Crippen molar-refractivity contribution < 1.29 is 23.0 Å². The summed E-state index contributed by atoms with van der Waals surface area (Å²) in [6.07, 6.45) is -2.53. The second-order valence-corrected chi connectivity index (χ2v) is 4.00. The number of carbonyl (C=O) groups is 1. The average molecular weight is 288 g/mol. The van der Waals surface area contributed by atoms with Crippen LogP contribution < -0.4 is 15.8 Å². The zero-order valence-corrected chi connectivity index (χ0v) is 11.2. The van der Waals surface area contributed by atoms with Crippen molar-refractivity contribution in [3.63, 3.8) is 0 Å². The Bertz CT molecular complexity index is 442. The molecule has 0 spiro atoms. The van der Waals surface area contributed by atoms with Crippen LogP contribution in [0.5, 0.6) is 5.75 Å². The van der Waals surface area contributed by atoms with Gasteiger partial charge in [-0.05, 0) is 17.7 Å². The maximum absolute atomic E-state index is 11.8. The number of ether oxygens (including phenoxy) is 2. The number of alkyl halides is 2. The van der Waals surface area contributed by atoms with Crippen molar-refractivity contribution in [1.82, 2.24) is 0 Å². The van der Waals surface area contributed by atoms with Crippen LogP contribution in [0.15, 0.2) is 18.2 Å².